The number of aryl methyl sites for hydroxylation is 4. The van der Waals surface area contributed by atoms with Crippen LogP contribution in [0.5, 0.6) is 0 Å². The summed E-state index contributed by atoms with van der Waals surface area (Å²) in [5.74, 6) is 3.68. The second-order valence-electron chi connectivity index (χ2n) is 13.7. The zero-order valence-corrected chi connectivity index (χ0v) is 38.2. The molecule has 276 valence electrons. The molecular formula is C46H42Cl4O2SiZr-2. The van der Waals surface area contributed by atoms with Crippen LogP contribution in [0.1, 0.15) is 33.8 Å². The predicted octanol–water partition coefficient (Wildman–Crippen LogP) is 8.92. The van der Waals surface area contributed by atoms with Crippen LogP contribution >= 0.6 is 23.2 Å². The minimum absolute atomic E-state index is 0. The molecule has 0 aliphatic rings. The summed E-state index contributed by atoms with van der Waals surface area (Å²) in [7, 11) is 0. The van der Waals surface area contributed by atoms with Crippen LogP contribution in [0.2, 0.25) is 23.1 Å². The number of fused-ring (bicyclic) bond motifs is 2. The Kier molecular flexibility index (Phi) is 15.1. The summed E-state index contributed by atoms with van der Waals surface area (Å²) in [6, 6.07) is 37.5. The summed E-state index contributed by atoms with van der Waals surface area (Å²) in [4.78, 5) is 0. The third kappa shape index (κ3) is 9.83. The van der Waals surface area contributed by atoms with Gasteiger partial charge in [-0.1, -0.05) is 80.8 Å². The molecule has 0 amide bonds. The Morgan fingerprint density at radius 1 is 0.537 bits per heavy atom. The molecule has 6 aromatic carbocycles. The standard InChI is InChI=1S/2C22H18ClO.C2H6Si.2ClH.Zr/c2*1-13-9-17-10-18(21-8-7-14(2)24-21)12-20(17)22(15(13)3)16-5-4-6-19(23)11-16;1-3-2;;;/h2*4-12H,1-3H3;1-2H3;2*1H;/q2*-1;;;;+2/p-2. The molecule has 2 nitrogen and oxygen atoms in total. The number of rotatable bonds is 4. The van der Waals surface area contributed by atoms with E-state index in [1.54, 1.807) is 23.3 Å². The van der Waals surface area contributed by atoms with Gasteiger partial charge >= 0.3 is 41.9 Å². The number of benzene rings is 4. The fourth-order valence-electron chi connectivity index (χ4n) is 6.70. The van der Waals surface area contributed by atoms with Crippen LogP contribution in [-0.4, -0.2) is 5.43 Å². The molecule has 0 spiro atoms. The van der Waals surface area contributed by atoms with Crippen molar-refractivity contribution < 1.29 is 57.0 Å². The summed E-state index contributed by atoms with van der Waals surface area (Å²) < 4.78 is 11.6. The summed E-state index contributed by atoms with van der Waals surface area (Å²) in [5, 5.41) is 6.47. The first-order valence-electron chi connectivity index (χ1n) is 17.4. The van der Waals surface area contributed by atoms with Gasteiger partial charge in [0.2, 0.25) is 0 Å². The molecule has 0 fully saturated rings. The van der Waals surface area contributed by atoms with Gasteiger partial charge < -0.3 is 33.6 Å². The van der Waals surface area contributed by atoms with Gasteiger partial charge in [0.1, 0.15) is 0 Å². The molecule has 8 rings (SSSR count). The minimum Gasteiger partial charge on any atom is -1.00 e. The van der Waals surface area contributed by atoms with E-state index in [0.29, 0.717) is 0 Å². The van der Waals surface area contributed by atoms with Gasteiger partial charge in [-0.15, -0.1) is 57.9 Å². The van der Waals surface area contributed by atoms with E-state index >= 15 is 0 Å². The van der Waals surface area contributed by atoms with Crippen LogP contribution in [0.3, 0.4) is 0 Å². The minimum atomic E-state index is 0. The molecule has 8 aromatic rings. The number of hydrogen-bond acceptors (Lipinski definition) is 2. The van der Waals surface area contributed by atoms with Gasteiger partial charge in [-0.25, -0.2) is 0 Å². The predicted molar refractivity (Wildman–Crippen MR) is 221 cm³/mol. The van der Waals surface area contributed by atoms with Crippen LogP contribution in [0, 0.1) is 41.5 Å². The average Bonchev–Trinajstić information content (AvgIpc) is 3.89. The molecule has 0 unspecified atom stereocenters. The molecule has 0 atom stereocenters. The molecule has 2 aromatic heterocycles. The molecule has 0 bridgehead atoms. The molecule has 0 radical (unpaired) electrons. The second-order valence-corrected chi connectivity index (χ2v) is 24.0. The normalized spacial score (nSPS) is 10.6. The molecular weight excluding hydrogens is 846 g/mol. The smallest absolute Gasteiger partial charge is 0.0896 e. The van der Waals surface area contributed by atoms with Crippen molar-refractivity contribution in [2.45, 2.75) is 54.6 Å². The average molecular weight is 888 g/mol. The number of furan rings is 2. The van der Waals surface area contributed by atoms with Crippen molar-refractivity contribution in [1.82, 2.24) is 0 Å². The van der Waals surface area contributed by atoms with Crippen LogP contribution in [0.4, 0.5) is 0 Å². The van der Waals surface area contributed by atoms with E-state index in [4.69, 9.17) is 32.0 Å². The molecule has 2 heterocycles. The first-order valence-corrected chi connectivity index (χ1v) is 24.3. The van der Waals surface area contributed by atoms with Crippen LogP contribution in [0.25, 0.3) is 66.4 Å². The summed E-state index contributed by atoms with van der Waals surface area (Å²) in [6.07, 6.45) is 0. The van der Waals surface area contributed by atoms with E-state index < -0.39 is 0 Å². The van der Waals surface area contributed by atoms with E-state index in [1.165, 1.54) is 54.9 Å². The Labute approximate surface area is 356 Å². The Morgan fingerprint density at radius 2 is 0.907 bits per heavy atom. The molecule has 8 heteroatoms. The molecule has 0 saturated carbocycles. The molecule has 0 aliphatic carbocycles. The van der Waals surface area contributed by atoms with Crippen molar-refractivity contribution in [2.24, 2.45) is 0 Å². The van der Waals surface area contributed by atoms with E-state index in [9.17, 15) is 0 Å². The van der Waals surface area contributed by atoms with Gasteiger partial charge in [0.15, 0.2) is 0 Å². The SMILES string of the molecule is C[Si](C)=[Zr+2].Cc1ccc(-c2cc3c(-c4cccc(Cl)c4)c(C)c(C)cc3[cH-]2)o1.Cc1ccc(-c2cc3c(-c4cccc(Cl)c4)c(C)c(C)cc3[cH-]2)o1.[Cl-].[Cl-]. The first-order chi connectivity index (χ1) is 24.8. The summed E-state index contributed by atoms with van der Waals surface area (Å²) >= 11 is 14.2. The van der Waals surface area contributed by atoms with Gasteiger partial charge in [-0.3, -0.25) is 0 Å². The van der Waals surface area contributed by atoms with Crippen molar-refractivity contribution in [3.05, 3.63) is 153 Å². The van der Waals surface area contributed by atoms with Crippen LogP contribution in [-0.2, 0) is 23.3 Å². The van der Waals surface area contributed by atoms with Gasteiger partial charge in [0, 0.05) is 10.0 Å². The van der Waals surface area contributed by atoms with E-state index in [2.05, 4.69) is 89.3 Å². The fraction of sp³-hybridized carbons (Fsp3) is 0.174. The quantitative estimate of drug-likeness (QED) is 0.131. The van der Waals surface area contributed by atoms with Gasteiger partial charge in [-0.2, -0.15) is 0 Å². The molecule has 0 saturated heterocycles. The van der Waals surface area contributed by atoms with Crippen LogP contribution in [0.15, 0.2) is 118 Å². The van der Waals surface area contributed by atoms with Gasteiger partial charge in [0.05, 0.1) is 23.0 Å². The zero-order valence-electron chi connectivity index (χ0n) is 31.7. The monoisotopic (exact) mass is 884 g/mol. The van der Waals surface area contributed by atoms with Crippen molar-refractivity contribution in [3.63, 3.8) is 0 Å². The summed E-state index contributed by atoms with van der Waals surface area (Å²) in [6.45, 7) is 17.2. The number of hydrogen-bond donors (Lipinski definition) is 0. The Hall–Kier alpha value is -3.08. The number of halogens is 4. The first kappa shape index (κ1) is 43.6. The molecule has 0 aliphatic heterocycles. The van der Waals surface area contributed by atoms with E-state index in [1.807, 2.05) is 74.5 Å². The molecule has 0 N–H and O–H groups in total. The third-order valence-electron chi connectivity index (χ3n) is 9.34. The Balaban J connectivity index is 0.000000212. The van der Waals surface area contributed by atoms with Crippen molar-refractivity contribution in [1.29, 1.82) is 0 Å². The van der Waals surface area contributed by atoms with Crippen molar-refractivity contribution >= 4 is 50.2 Å². The topological polar surface area (TPSA) is 26.3 Å². The zero-order chi connectivity index (χ0) is 37.3. The van der Waals surface area contributed by atoms with E-state index in [-0.39, 0.29) is 30.2 Å². The molecule has 54 heavy (non-hydrogen) atoms. The largest absolute Gasteiger partial charge is 1.00 e. The maximum Gasteiger partial charge on any atom is 0.0896 e. The Bertz CT molecular complexity index is 2390. The van der Waals surface area contributed by atoms with Crippen molar-refractivity contribution in [2.75, 3.05) is 0 Å². The van der Waals surface area contributed by atoms with Gasteiger partial charge in [-0.05, 0) is 112 Å². The summed E-state index contributed by atoms with van der Waals surface area (Å²) in [5.41, 5.74) is 12.4. The maximum atomic E-state index is 6.23. The van der Waals surface area contributed by atoms with E-state index in [0.717, 1.165) is 55.3 Å². The maximum absolute atomic E-state index is 6.23. The van der Waals surface area contributed by atoms with Gasteiger partial charge in [0.25, 0.3) is 0 Å². The Morgan fingerprint density at radius 3 is 1.22 bits per heavy atom. The third-order valence-corrected chi connectivity index (χ3v) is 9.81. The fourth-order valence-corrected chi connectivity index (χ4v) is 7.08. The second kappa shape index (κ2) is 18.7. The van der Waals surface area contributed by atoms with Crippen molar-refractivity contribution in [3.8, 4) is 44.9 Å². The van der Waals surface area contributed by atoms with Crippen LogP contribution < -0.4 is 24.8 Å².